The van der Waals surface area contributed by atoms with E-state index < -0.39 is 0 Å². The van der Waals surface area contributed by atoms with E-state index in [-0.39, 0.29) is 23.1 Å². The zero-order valence-corrected chi connectivity index (χ0v) is 13.2. The van der Waals surface area contributed by atoms with Crippen LogP contribution in [-0.2, 0) is 18.9 Å². The van der Waals surface area contributed by atoms with Crippen LogP contribution in [0.15, 0.2) is 0 Å². The molecule has 0 aromatic rings. The monoisotopic (exact) mass is 284 g/mol. The van der Waals surface area contributed by atoms with Crippen LogP contribution in [0.1, 0.15) is 59.8 Å². The molecule has 0 amide bonds. The van der Waals surface area contributed by atoms with Crippen LogP contribution in [0.25, 0.3) is 0 Å². The minimum absolute atomic E-state index is 0.0816. The van der Waals surface area contributed by atoms with Crippen molar-refractivity contribution in [2.45, 2.75) is 89.0 Å². The van der Waals surface area contributed by atoms with E-state index in [1.165, 1.54) is 0 Å². The van der Waals surface area contributed by atoms with Gasteiger partial charge in [0.2, 0.25) is 0 Å². The van der Waals surface area contributed by atoms with Gasteiger partial charge in [-0.2, -0.15) is 0 Å². The van der Waals surface area contributed by atoms with Gasteiger partial charge in [-0.25, -0.2) is 0 Å². The predicted octanol–water partition coefficient (Wildman–Crippen LogP) is 3.03. The van der Waals surface area contributed by atoms with Crippen molar-refractivity contribution >= 4 is 0 Å². The Morgan fingerprint density at radius 1 is 0.950 bits per heavy atom. The smallest absolute Gasteiger partial charge is 0.168 e. The summed E-state index contributed by atoms with van der Waals surface area (Å²) in [4.78, 5) is 0. The van der Waals surface area contributed by atoms with Crippen LogP contribution < -0.4 is 0 Å². The molecule has 116 valence electrons. The van der Waals surface area contributed by atoms with E-state index in [0.29, 0.717) is 6.10 Å². The van der Waals surface area contributed by atoms with Gasteiger partial charge in [0.05, 0.1) is 36.6 Å². The second-order valence-corrected chi connectivity index (χ2v) is 7.60. The van der Waals surface area contributed by atoms with Crippen LogP contribution in [0, 0.1) is 0 Å². The van der Waals surface area contributed by atoms with Crippen LogP contribution >= 0.6 is 0 Å². The molecule has 1 unspecified atom stereocenters. The van der Waals surface area contributed by atoms with Crippen LogP contribution in [0.2, 0.25) is 0 Å². The highest BCUT2D eigenvalue weighted by Crippen LogP contribution is 2.42. The largest absolute Gasteiger partial charge is 0.372 e. The Balaban J connectivity index is 1.55. The van der Waals surface area contributed by atoms with Crippen molar-refractivity contribution in [3.05, 3.63) is 0 Å². The first kappa shape index (κ1) is 14.8. The van der Waals surface area contributed by atoms with E-state index in [9.17, 15) is 0 Å². The average molecular weight is 284 g/mol. The van der Waals surface area contributed by atoms with E-state index in [2.05, 4.69) is 27.7 Å². The molecule has 0 radical (unpaired) electrons. The van der Waals surface area contributed by atoms with Gasteiger partial charge in [0.1, 0.15) is 0 Å². The summed E-state index contributed by atoms with van der Waals surface area (Å²) in [5, 5.41) is 0. The molecular weight excluding hydrogens is 256 g/mol. The summed E-state index contributed by atoms with van der Waals surface area (Å²) < 4.78 is 24.0. The molecule has 1 saturated carbocycles. The molecule has 1 spiro atoms. The summed E-state index contributed by atoms with van der Waals surface area (Å²) in [6, 6.07) is 0. The van der Waals surface area contributed by atoms with Gasteiger partial charge < -0.3 is 18.9 Å². The van der Waals surface area contributed by atoms with Gasteiger partial charge >= 0.3 is 0 Å². The maximum atomic E-state index is 6.37. The third-order valence-corrected chi connectivity index (χ3v) is 4.86. The minimum Gasteiger partial charge on any atom is -0.372 e. The number of ether oxygens (including phenoxy) is 4. The van der Waals surface area contributed by atoms with Crippen molar-refractivity contribution in [3.63, 3.8) is 0 Å². The van der Waals surface area contributed by atoms with E-state index in [1.54, 1.807) is 0 Å². The molecule has 1 atom stereocenters. The Kier molecular flexibility index (Phi) is 3.65. The van der Waals surface area contributed by atoms with E-state index >= 15 is 0 Å². The molecular formula is C16H28O4. The fourth-order valence-corrected chi connectivity index (χ4v) is 3.91. The first-order valence-electron chi connectivity index (χ1n) is 7.94. The maximum Gasteiger partial charge on any atom is 0.168 e. The number of hydrogen-bond donors (Lipinski definition) is 0. The molecule has 4 heteroatoms. The molecule has 4 nitrogen and oxygen atoms in total. The summed E-state index contributed by atoms with van der Waals surface area (Å²) in [6.45, 7) is 10.1. The van der Waals surface area contributed by atoms with Crippen molar-refractivity contribution < 1.29 is 18.9 Å². The van der Waals surface area contributed by atoms with Crippen molar-refractivity contribution in [1.82, 2.24) is 0 Å². The second-order valence-electron chi connectivity index (χ2n) is 7.60. The second kappa shape index (κ2) is 4.94. The molecule has 0 bridgehead atoms. The molecule has 3 rings (SSSR count). The average Bonchev–Trinajstić information content (AvgIpc) is 2.85. The molecule has 3 aliphatic rings. The predicted molar refractivity (Wildman–Crippen MR) is 75.6 cm³/mol. The van der Waals surface area contributed by atoms with Gasteiger partial charge in [0.15, 0.2) is 5.79 Å². The van der Waals surface area contributed by atoms with Crippen LogP contribution in [-0.4, -0.2) is 42.4 Å². The fourth-order valence-electron chi connectivity index (χ4n) is 3.91. The molecule has 2 saturated heterocycles. The molecule has 20 heavy (non-hydrogen) atoms. The van der Waals surface area contributed by atoms with Crippen molar-refractivity contribution in [2.75, 3.05) is 13.2 Å². The topological polar surface area (TPSA) is 36.9 Å². The summed E-state index contributed by atoms with van der Waals surface area (Å²) in [5.74, 6) is -0.291. The highest BCUT2D eigenvalue weighted by atomic mass is 16.7. The first-order valence-corrected chi connectivity index (χ1v) is 7.94. The van der Waals surface area contributed by atoms with Gasteiger partial charge in [-0.1, -0.05) is 0 Å². The van der Waals surface area contributed by atoms with E-state index in [0.717, 1.165) is 45.3 Å². The Morgan fingerprint density at radius 3 is 2.05 bits per heavy atom. The van der Waals surface area contributed by atoms with Crippen molar-refractivity contribution in [1.29, 1.82) is 0 Å². The Morgan fingerprint density at radius 2 is 1.55 bits per heavy atom. The number of hydrogen-bond acceptors (Lipinski definition) is 4. The first-order chi connectivity index (χ1) is 9.30. The van der Waals surface area contributed by atoms with Crippen molar-refractivity contribution in [3.8, 4) is 0 Å². The van der Waals surface area contributed by atoms with Crippen LogP contribution in [0.5, 0.6) is 0 Å². The van der Waals surface area contributed by atoms with E-state index in [1.807, 2.05) is 0 Å². The third kappa shape index (κ3) is 2.89. The summed E-state index contributed by atoms with van der Waals surface area (Å²) >= 11 is 0. The molecule has 2 heterocycles. The van der Waals surface area contributed by atoms with Crippen LogP contribution in [0.3, 0.4) is 0 Å². The quantitative estimate of drug-likeness (QED) is 0.781. The summed E-state index contributed by atoms with van der Waals surface area (Å²) in [7, 11) is 0. The standard InChI is InChI=1S/C16H28O4/c1-14(2)11-13(15(3,4)20-14)19-12-5-7-16(8-6-12)17-9-10-18-16/h12-13H,5-11H2,1-4H3. The molecule has 2 aliphatic heterocycles. The summed E-state index contributed by atoms with van der Waals surface area (Å²) in [6.07, 6.45) is 5.41. The lowest BCUT2D eigenvalue weighted by molar-refractivity contribution is -0.200. The van der Waals surface area contributed by atoms with Gasteiger partial charge in [-0.15, -0.1) is 0 Å². The van der Waals surface area contributed by atoms with Gasteiger partial charge in [0, 0.05) is 19.3 Å². The fraction of sp³-hybridized carbons (Fsp3) is 1.00. The lowest BCUT2D eigenvalue weighted by Crippen LogP contribution is -2.42. The Bertz CT molecular complexity index is 347. The normalized spacial score (nSPS) is 35.7. The lowest BCUT2D eigenvalue weighted by atomic mass is 9.90. The molecule has 3 fully saturated rings. The SMILES string of the molecule is CC1(C)CC(OC2CCC3(CC2)OCCO3)C(C)(C)O1. The Labute approximate surface area is 122 Å². The highest BCUT2D eigenvalue weighted by molar-refractivity contribution is 4.96. The zero-order chi connectivity index (χ0) is 14.4. The molecule has 0 aromatic carbocycles. The van der Waals surface area contributed by atoms with Gasteiger partial charge in [-0.05, 0) is 40.5 Å². The van der Waals surface area contributed by atoms with Gasteiger partial charge in [0.25, 0.3) is 0 Å². The van der Waals surface area contributed by atoms with Gasteiger partial charge in [-0.3, -0.25) is 0 Å². The molecule has 0 aromatic heterocycles. The number of rotatable bonds is 2. The molecule has 0 N–H and O–H groups in total. The summed E-state index contributed by atoms with van der Waals surface area (Å²) in [5.41, 5.74) is -0.277. The highest BCUT2D eigenvalue weighted by Gasteiger charge is 2.48. The zero-order valence-electron chi connectivity index (χ0n) is 13.2. The minimum atomic E-state index is -0.291. The third-order valence-electron chi connectivity index (χ3n) is 4.86. The lowest BCUT2D eigenvalue weighted by Gasteiger charge is -2.37. The van der Waals surface area contributed by atoms with Crippen LogP contribution in [0.4, 0.5) is 0 Å². The van der Waals surface area contributed by atoms with Crippen molar-refractivity contribution in [2.24, 2.45) is 0 Å². The maximum absolute atomic E-state index is 6.37. The Hall–Kier alpha value is -0.160. The molecule has 1 aliphatic carbocycles. The van der Waals surface area contributed by atoms with E-state index in [4.69, 9.17) is 18.9 Å².